The number of carbonyl (C=O) groups is 5. The number of hydrogen-bond acceptors (Lipinski definition) is 8. The van der Waals surface area contributed by atoms with Crippen molar-refractivity contribution in [2.45, 2.75) is 43.9 Å². The average molecular weight is 528 g/mol. The van der Waals surface area contributed by atoms with Gasteiger partial charge in [-0.25, -0.2) is 0 Å². The molecule has 0 saturated carbocycles. The Balaban J connectivity index is 2.87. The van der Waals surface area contributed by atoms with Crippen molar-refractivity contribution >= 4 is 54.0 Å². The molecule has 35 heavy (non-hydrogen) atoms. The molecule has 0 aliphatic heterocycles. The Morgan fingerprint density at radius 3 is 2.14 bits per heavy atom. The van der Waals surface area contributed by atoms with Crippen LogP contribution in [0.2, 0.25) is 0 Å². The zero-order valence-corrected chi connectivity index (χ0v) is 21.4. The van der Waals surface area contributed by atoms with Crippen LogP contribution in [0.1, 0.15) is 18.9 Å². The van der Waals surface area contributed by atoms with Crippen molar-refractivity contribution in [3.8, 4) is 0 Å². The largest absolute Gasteiger partial charge is 0.480 e. The summed E-state index contributed by atoms with van der Waals surface area (Å²) in [5, 5.41) is 18.4. The van der Waals surface area contributed by atoms with Crippen molar-refractivity contribution in [3.63, 3.8) is 0 Å². The summed E-state index contributed by atoms with van der Waals surface area (Å²) in [4.78, 5) is 60.8. The van der Waals surface area contributed by atoms with E-state index in [0.717, 1.165) is 5.56 Å². The molecule has 13 heteroatoms. The van der Waals surface area contributed by atoms with E-state index in [1.165, 1.54) is 6.92 Å². The molecule has 0 aromatic heterocycles. The Hall–Kier alpha value is -2.77. The number of nitrogens with two attached hydrogens (primary N) is 1. The number of thioether (sulfide) groups is 1. The molecule has 0 bridgehead atoms. The zero-order valence-electron chi connectivity index (χ0n) is 19.7. The van der Waals surface area contributed by atoms with Crippen LogP contribution in [0.3, 0.4) is 0 Å². The fourth-order valence-corrected chi connectivity index (χ4v) is 3.62. The molecule has 7 N–H and O–H groups in total. The molecule has 1 aromatic rings. The molecule has 0 aliphatic rings. The molecule has 0 saturated heterocycles. The monoisotopic (exact) mass is 527 g/mol. The summed E-state index contributed by atoms with van der Waals surface area (Å²) in [6.45, 7) is 0.784. The third-order valence-corrected chi connectivity index (χ3v) is 5.88. The van der Waals surface area contributed by atoms with E-state index >= 15 is 0 Å². The van der Waals surface area contributed by atoms with E-state index in [2.05, 4.69) is 33.9 Å². The predicted molar refractivity (Wildman–Crippen MR) is 137 cm³/mol. The molecule has 4 amide bonds. The second kappa shape index (κ2) is 16.0. The van der Waals surface area contributed by atoms with Crippen molar-refractivity contribution < 1.29 is 29.1 Å². The Morgan fingerprint density at radius 1 is 0.971 bits per heavy atom. The number of carbonyl (C=O) groups excluding carboxylic acids is 4. The third kappa shape index (κ3) is 11.5. The highest BCUT2D eigenvalue weighted by molar-refractivity contribution is 7.98. The van der Waals surface area contributed by atoms with Gasteiger partial charge < -0.3 is 32.1 Å². The molecule has 0 unspecified atom stereocenters. The molecule has 1 aromatic carbocycles. The maximum Gasteiger partial charge on any atom is 0.322 e. The molecule has 11 nitrogen and oxygen atoms in total. The van der Waals surface area contributed by atoms with Crippen LogP contribution in [0, 0.1) is 0 Å². The molecule has 0 spiro atoms. The van der Waals surface area contributed by atoms with Gasteiger partial charge in [0, 0.05) is 12.2 Å². The van der Waals surface area contributed by atoms with Gasteiger partial charge in [0.15, 0.2) is 0 Å². The first kappa shape index (κ1) is 30.3. The number of carboxylic acid groups (broad SMARTS) is 1. The quantitative estimate of drug-likeness (QED) is 0.141. The van der Waals surface area contributed by atoms with Gasteiger partial charge in [-0.05, 0) is 30.9 Å². The lowest BCUT2D eigenvalue weighted by molar-refractivity contribution is -0.138. The number of hydrogen-bond donors (Lipinski definition) is 7. The molecule has 194 valence electrons. The molecular weight excluding hydrogens is 494 g/mol. The number of thiol groups is 1. The summed E-state index contributed by atoms with van der Waals surface area (Å²) in [5.74, 6) is -3.10. The summed E-state index contributed by atoms with van der Waals surface area (Å²) < 4.78 is 0. The number of benzene rings is 1. The van der Waals surface area contributed by atoms with Gasteiger partial charge in [0.1, 0.15) is 24.7 Å². The Kier molecular flexibility index (Phi) is 13.8. The van der Waals surface area contributed by atoms with E-state index < -0.39 is 60.3 Å². The van der Waals surface area contributed by atoms with Gasteiger partial charge in [0.25, 0.3) is 0 Å². The summed E-state index contributed by atoms with van der Waals surface area (Å²) >= 11 is 5.67. The standard InChI is InChI=1S/C22H33N5O6S2/c1-13(19(30)24-11-18(28)29)25-22(33)17(12-34)27-21(32)16(10-14-6-4-3-5-7-14)26-20(31)15(23)8-9-35-2/h3-7,13,15-17,34H,8-12,23H2,1-2H3,(H,24,30)(H,25,33)(H,26,31)(H,27,32)(H,28,29)/t13-,15-,16-,17-/m0/s1. The van der Waals surface area contributed by atoms with Crippen molar-refractivity contribution in [1.82, 2.24) is 21.3 Å². The Bertz CT molecular complexity index is 873. The number of amides is 4. The van der Waals surface area contributed by atoms with Crippen LogP contribution in [-0.2, 0) is 30.4 Å². The van der Waals surface area contributed by atoms with Gasteiger partial charge in [-0.15, -0.1) is 0 Å². The molecular formula is C22H33N5O6S2. The second-order valence-corrected chi connectivity index (χ2v) is 9.08. The molecule has 0 aliphatic carbocycles. The fourth-order valence-electron chi connectivity index (χ4n) is 2.88. The SMILES string of the molecule is CSCC[C@H](N)C(=O)N[C@@H](Cc1ccccc1)C(=O)N[C@@H](CS)C(=O)N[C@@H](C)C(=O)NCC(=O)O. The lowest BCUT2D eigenvalue weighted by Gasteiger charge is -2.24. The highest BCUT2D eigenvalue weighted by Crippen LogP contribution is 2.06. The summed E-state index contributed by atoms with van der Waals surface area (Å²) in [7, 11) is 0. The highest BCUT2D eigenvalue weighted by Gasteiger charge is 2.29. The van der Waals surface area contributed by atoms with Crippen LogP contribution in [0.15, 0.2) is 30.3 Å². The van der Waals surface area contributed by atoms with Crippen LogP contribution < -0.4 is 27.0 Å². The first-order valence-electron chi connectivity index (χ1n) is 10.9. The Morgan fingerprint density at radius 2 is 1.57 bits per heavy atom. The normalized spacial score (nSPS) is 14.1. The average Bonchev–Trinajstić information content (AvgIpc) is 2.83. The molecule has 4 atom stereocenters. The van der Waals surface area contributed by atoms with E-state index in [1.807, 2.05) is 12.3 Å². The van der Waals surface area contributed by atoms with E-state index in [-0.39, 0.29) is 12.2 Å². The zero-order chi connectivity index (χ0) is 26.4. The molecule has 0 heterocycles. The van der Waals surface area contributed by atoms with Crippen LogP contribution in [0.25, 0.3) is 0 Å². The molecule has 1 rings (SSSR count). The number of aliphatic carboxylic acids is 1. The van der Waals surface area contributed by atoms with Crippen molar-refractivity contribution in [1.29, 1.82) is 0 Å². The topological polar surface area (TPSA) is 180 Å². The highest BCUT2D eigenvalue weighted by atomic mass is 32.2. The van der Waals surface area contributed by atoms with Gasteiger partial charge in [0.2, 0.25) is 23.6 Å². The third-order valence-electron chi connectivity index (χ3n) is 4.87. The smallest absolute Gasteiger partial charge is 0.322 e. The maximum atomic E-state index is 13.1. The van der Waals surface area contributed by atoms with Crippen molar-refractivity contribution in [2.24, 2.45) is 5.73 Å². The first-order chi connectivity index (χ1) is 16.6. The van der Waals surface area contributed by atoms with Crippen LogP contribution in [-0.4, -0.2) is 83.2 Å². The van der Waals surface area contributed by atoms with Crippen LogP contribution in [0.5, 0.6) is 0 Å². The first-order valence-corrected chi connectivity index (χ1v) is 12.9. The van der Waals surface area contributed by atoms with E-state index in [4.69, 9.17) is 10.8 Å². The Labute approximate surface area is 214 Å². The summed E-state index contributed by atoms with van der Waals surface area (Å²) in [6, 6.07) is 5.09. The van der Waals surface area contributed by atoms with Crippen LogP contribution in [0.4, 0.5) is 0 Å². The van der Waals surface area contributed by atoms with Crippen molar-refractivity contribution in [3.05, 3.63) is 35.9 Å². The second-order valence-electron chi connectivity index (χ2n) is 7.72. The number of nitrogens with one attached hydrogen (secondary N) is 4. The minimum absolute atomic E-state index is 0.0831. The van der Waals surface area contributed by atoms with Gasteiger partial charge >= 0.3 is 5.97 Å². The van der Waals surface area contributed by atoms with Crippen molar-refractivity contribution in [2.75, 3.05) is 24.3 Å². The van der Waals surface area contributed by atoms with Gasteiger partial charge in [-0.3, -0.25) is 24.0 Å². The van der Waals surface area contributed by atoms with E-state index in [9.17, 15) is 24.0 Å². The van der Waals surface area contributed by atoms with Gasteiger partial charge in [0.05, 0.1) is 6.04 Å². The predicted octanol–water partition coefficient (Wildman–Crippen LogP) is -1.09. The van der Waals surface area contributed by atoms with Gasteiger partial charge in [-0.2, -0.15) is 24.4 Å². The minimum Gasteiger partial charge on any atom is -0.480 e. The van der Waals surface area contributed by atoms with E-state index in [1.54, 1.807) is 36.0 Å². The van der Waals surface area contributed by atoms with E-state index in [0.29, 0.717) is 12.2 Å². The summed E-state index contributed by atoms with van der Waals surface area (Å²) in [6.07, 6.45) is 2.51. The lowest BCUT2D eigenvalue weighted by atomic mass is 10.0. The maximum absolute atomic E-state index is 13.1. The van der Waals surface area contributed by atoms with Gasteiger partial charge in [-0.1, -0.05) is 30.3 Å². The summed E-state index contributed by atoms with van der Waals surface area (Å²) in [5.41, 5.74) is 6.73. The molecule has 0 radical (unpaired) electrons. The fraction of sp³-hybridized carbons (Fsp3) is 0.500. The molecule has 0 fully saturated rings. The number of carboxylic acids is 1. The van der Waals surface area contributed by atoms with Crippen LogP contribution >= 0.6 is 24.4 Å². The number of rotatable bonds is 15. The minimum atomic E-state index is -1.22. The lowest BCUT2D eigenvalue weighted by Crippen LogP contribution is -2.58.